The molecule has 1 heterocycles. The number of aryl methyl sites for hydroxylation is 1. The number of ether oxygens (including phenoxy) is 1. The van der Waals surface area contributed by atoms with Crippen LogP contribution in [0.2, 0.25) is 0 Å². The Kier molecular flexibility index (Phi) is 6.02. The molecule has 0 radical (unpaired) electrons. The minimum absolute atomic E-state index is 0.232. The Balaban J connectivity index is 1.95. The lowest BCUT2D eigenvalue weighted by Crippen LogP contribution is -2.47. The first-order chi connectivity index (χ1) is 12.2. The van der Waals surface area contributed by atoms with Crippen LogP contribution in [-0.2, 0) is 4.79 Å². The molecule has 0 aliphatic rings. The van der Waals surface area contributed by atoms with E-state index in [2.05, 4.69) is 15.4 Å². The third-order valence-electron chi connectivity index (χ3n) is 4.04. The van der Waals surface area contributed by atoms with Crippen molar-refractivity contribution in [3.05, 3.63) is 53.1 Å². The normalized spacial score (nSPS) is 12.0. The van der Waals surface area contributed by atoms with E-state index < -0.39 is 17.9 Å². The number of hydrogen-bond acceptors (Lipinski definition) is 3. The monoisotopic (exact) mass is 361 g/mol. The lowest BCUT2D eigenvalue weighted by atomic mass is 10.2. The smallest absolute Gasteiger partial charge is 0.279 e. The van der Waals surface area contributed by atoms with Crippen molar-refractivity contribution in [3.63, 3.8) is 0 Å². The summed E-state index contributed by atoms with van der Waals surface area (Å²) in [6, 6.07) is 7.36. The first kappa shape index (κ1) is 19.5. The molecule has 0 aliphatic carbocycles. The summed E-state index contributed by atoms with van der Waals surface area (Å²) in [6.07, 6.45) is -0.858. The van der Waals surface area contributed by atoms with Crippen LogP contribution in [0.5, 0.6) is 5.75 Å². The van der Waals surface area contributed by atoms with Crippen molar-refractivity contribution in [2.75, 3.05) is 0 Å². The fraction of sp³-hybridized carbons (Fsp3) is 0.368. The van der Waals surface area contributed by atoms with E-state index in [1.54, 1.807) is 6.07 Å². The summed E-state index contributed by atoms with van der Waals surface area (Å²) in [7, 11) is 0. The fourth-order valence-electron chi connectivity index (χ4n) is 2.86. The van der Waals surface area contributed by atoms with E-state index in [0.29, 0.717) is 11.3 Å². The molecule has 2 N–H and O–H groups in total. The topological polar surface area (TPSA) is 72.4 Å². The summed E-state index contributed by atoms with van der Waals surface area (Å²) in [5, 5.41) is 0. The molecule has 7 heteroatoms. The van der Waals surface area contributed by atoms with Gasteiger partial charge in [-0.1, -0.05) is 0 Å². The van der Waals surface area contributed by atoms with Gasteiger partial charge in [-0.2, -0.15) is 0 Å². The molecule has 6 nitrogen and oxygen atoms in total. The molecule has 26 heavy (non-hydrogen) atoms. The van der Waals surface area contributed by atoms with E-state index in [4.69, 9.17) is 4.74 Å². The number of benzene rings is 1. The Hall–Kier alpha value is -2.83. The molecule has 0 aliphatic heterocycles. The number of nitrogens with zero attached hydrogens (tertiary/aromatic N) is 1. The van der Waals surface area contributed by atoms with Crippen molar-refractivity contribution in [1.82, 2.24) is 15.4 Å². The number of amides is 2. The van der Waals surface area contributed by atoms with Crippen molar-refractivity contribution in [1.29, 1.82) is 0 Å². The standard InChI is InChI=1S/C19H24FN3O3/c1-11(2)23-12(3)10-17(13(23)4)19(25)22-21-18(24)14(5)26-16-8-6-15(20)7-9-16/h6-11,14H,1-5H3,(H,21,24)(H,22,25)/t14-/m1/s1. The molecule has 140 valence electrons. The van der Waals surface area contributed by atoms with Gasteiger partial charge in [0.05, 0.1) is 5.56 Å². The van der Waals surface area contributed by atoms with Crippen LogP contribution in [0.3, 0.4) is 0 Å². The number of carbonyl (C=O) groups is 2. The van der Waals surface area contributed by atoms with Crippen molar-refractivity contribution < 1.29 is 18.7 Å². The van der Waals surface area contributed by atoms with Crippen LogP contribution in [0.25, 0.3) is 0 Å². The van der Waals surface area contributed by atoms with Crippen LogP contribution in [0.15, 0.2) is 30.3 Å². The highest BCUT2D eigenvalue weighted by Gasteiger charge is 2.19. The number of nitrogens with one attached hydrogen (secondary N) is 2. The van der Waals surface area contributed by atoms with Gasteiger partial charge in [0.1, 0.15) is 11.6 Å². The van der Waals surface area contributed by atoms with Gasteiger partial charge in [0.25, 0.3) is 11.8 Å². The molecule has 0 fully saturated rings. The molecular formula is C19H24FN3O3. The van der Waals surface area contributed by atoms with Gasteiger partial charge >= 0.3 is 0 Å². The molecule has 1 aromatic carbocycles. The summed E-state index contributed by atoms with van der Waals surface area (Å²) in [4.78, 5) is 24.4. The summed E-state index contributed by atoms with van der Waals surface area (Å²) >= 11 is 0. The van der Waals surface area contributed by atoms with Crippen LogP contribution >= 0.6 is 0 Å². The van der Waals surface area contributed by atoms with Crippen molar-refractivity contribution in [2.24, 2.45) is 0 Å². The fourth-order valence-corrected chi connectivity index (χ4v) is 2.86. The van der Waals surface area contributed by atoms with Gasteiger partial charge in [-0.15, -0.1) is 0 Å². The lowest BCUT2D eigenvalue weighted by Gasteiger charge is -2.16. The van der Waals surface area contributed by atoms with E-state index in [9.17, 15) is 14.0 Å². The number of halogens is 1. The predicted octanol–water partition coefficient (Wildman–Crippen LogP) is 3.05. The Morgan fingerprint density at radius 2 is 1.69 bits per heavy atom. The molecule has 1 atom stereocenters. The minimum Gasteiger partial charge on any atom is -0.481 e. The van der Waals surface area contributed by atoms with E-state index in [1.165, 1.54) is 31.2 Å². The van der Waals surface area contributed by atoms with Gasteiger partial charge in [0, 0.05) is 17.4 Å². The third kappa shape index (κ3) is 4.41. The lowest BCUT2D eigenvalue weighted by molar-refractivity contribution is -0.128. The zero-order valence-corrected chi connectivity index (χ0v) is 15.6. The highest BCUT2D eigenvalue weighted by Crippen LogP contribution is 2.19. The summed E-state index contributed by atoms with van der Waals surface area (Å²) < 4.78 is 20.3. The van der Waals surface area contributed by atoms with Gasteiger partial charge in [-0.05, 0) is 65.0 Å². The number of hydrogen-bond donors (Lipinski definition) is 2. The molecule has 0 spiro atoms. The SMILES string of the molecule is Cc1cc(C(=O)NNC(=O)[C@@H](C)Oc2ccc(F)cc2)c(C)n1C(C)C. The van der Waals surface area contributed by atoms with Crippen LogP contribution in [0, 0.1) is 19.7 Å². The van der Waals surface area contributed by atoms with Crippen molar-refractivity contribution in [2.45, 2.75) is 46.8 Å². The first-order valence-corrected chi connectivity index (χ1v) is 8.41. The summed E-state index contributed by atoms with van der Waals surface area (Å²) in [6.45, 7) is 9.41. The maximum absolute atomic E-state index is 12.9. The summed E-state index contributed by atoms with van der Waals surface area (Å²) in [5.74, 6) is -0.936. The van der Waals surface area contributed by atoms with Crippen molar-refractivity contribution in [3.8, 4) is 5.75 Å². The Morgan fingerprint density at radius 1 is 1.08 bits per heavy atom. The molecular weight excluding hydrogens is 337 g/mol. The zero-order chi connectivity index (χ0) is 19.4. The average Bonchev–Trinajstić information content (AvgIpc) is 2.89. The van der Waals surface area contributed by atoms with Gasteiger partial charge in [0.2, 0.25) is 0 Å². The van der Waals surface area contributed by atoms with E-state index >= 15 is 0 Å². The molecule has 2 rings (SSSR count). The minimum atomic E-state index is -0.858. The summed E-state index contributed by atoms with van der Waals surface area (Å²) in [5.41, 5.74) is 7.06. The Bertz CT molecular complexity index is 797. The van der Waals surface area contributed by atoms with Crippen LogP contribution < -0.4 is 15.6 Å². The largest absolute Gasteiger partial charge is 0.481 e. The van der Waals surface area contributed by atoms with Crippen LogP contribution in [0.1, 0.15) is 48.6 Å². The quantitative estimate of drug-likeness (QED) is 0.804. The Morgan fingerprint density at radius 3 is 2.23 bits per heavy atom. The molecule has 0 saturated carbocycles. The van der Waals surface area contributed by atoms with Crippen molar-refractivity contribution >= 4 is 11.8 Å². The second-order valence-corrected chi connectivity index (χ2v) is 6.41. The van der Waals surface area contributed by atoms with Gasteiger partial charge in [-0.3, -0.25) is 20.4 Å². The number of carbonyl (C=O) groups excluding carboxylic acids is 2. The molecule has 2 aromatic rings. The predicted molar refractivity (Wildman–Crippen MR) is 96.4 cm³/mol. The molecule has 2 amide bonds. The molecule has 0 unspecified atom stereocenters. The van der Waals surface area contributed by atoms with Crippen LogP contribution in [-0.4, -0.2) is 22.5 Å². The molecule has 0 saturated heterocycles. The van der Waals surface area contributed by atoms with Gasteiger partial charge < -0.3 is 9.30 Å². The van der Waals surface area contributed by atoms with Crippen LogP contribution in [0.4, 0.5) is 4.39 Å². The second kappa shape index (κ2) is 8.03. The first-order valence-electron chi connectivity index (χ1n) is 8.41. The highest BCUT2D eigenvalue weighted by molar-refractivity contribution is 5.97. The van der Waals surface area contributed by atoms with E-state index in [1.807, 2.05) is 27.7 Å². The third-order valence-corrected chi connectivity index (χ3v) is 4.04. The Labute approximate surface area is 152 Å². The number of aromatic nitrogens is 1. The van der Waals surface area contributed by atoms with Gasteiger partial charge in [0.15, 0.2) is 6.10 Å². The molecule has 0 bridgehead atoms. The average molecular weight is 361 g/mol. The van der Waals surface area contributed by atoms with E-state index in [-0.39, 0.29) is 11.9 Å². The maximum atomic E-state index is 12.9. The second-order valence-electron chi connectivity index (χ2n) is 6.41. The number of hydrazine groups is 1. The van der Waals surface area contributed by atoms with Gasteiger partial charge in [-0.25, -0.2) is 4.39 Å². The number of rotatable bonds is 5. The van der Waals surface area contributed by atoms with E-state index in [0.717, 1.165) is 11.4 Å². The highest BCUT2D eigenvalue weighted by atomic mass is 19.1. The maximum Gasteiger partial charge on any atom is 0.279 e. The molecule has 1 aromatic heterocycles. The zero-order valence-electron chi connectivity index (χ0n) is 15.6.